The van der Waals surface area contributed by atoms with Crippen LogP contribution in [0.3, 0.4) is 0 Å². The van der Waals surface area contributed by atoms with E-state index >= 15 is 0 Å². The molecule has 7 aromatic rings. The molecule has 0 saturated heterocycles. The first-order valence-electron chi connectivity index (χ1n) is 15.9. The quantitative estimate of drug-likeness (QED) is 0.197. The zero-order chi connectivity index (χ0) is 32.0. The summed E-state index contributed by atoms with van der Waals surface area (Å²) >= 11 is 0. The van der Waals surface area contributed by atoms with Gasteiger partial charge in [-0.25, -0.2) is 9.97 Å². The van der Waals surface area contributed by atoms with E-state index in [4.69, 9.17) is 9.97 Å². The van der Waals surface area contributed by atoms with Crippen molar-refractivity contribution in [3.63, 3.8) is 0 Å². The highest BCUT2D eigenvalue weighted by atomic mass is 14.9. The van der Waals surface area contributed by atoms with Crippen LogP contribution in [0.2, 0.25) is 0 Å². The molecule has 0 aliphatic heterocycles. The van der Waals surface area contributed by atoms with Gasteiger partial charge in [0.15, 0.2) is 5.82 Å². The van der Waals surface area contributed by atoms with Gasteiger partial charge in [-0.15, -0.1) is 0 Å². The van der Waals surface area contributed by atoms with Gasteiger partial charge in [0, 0.05) is 22.1 Å². The van der Waals surface area contributed by atoms with Crippen molar-refractivity contribution in [3.8, 4) is 73.4 Å². The summed E-state index contributed by atoms with van der Waals surface area (Å²) in [4.78, 5) is 10.0. The smallest absolute Gasteiger partial charge is 0.160 e. The van der Waals surface area contributed by atoms with Crippen LogP contribution in [0.5, 0.6) is 0 Å². The van der Waals surface area contributed by atoms with Gasteiger partial charge in [0.05, 0.1) is 23.0 Å². The average Bonchev–Trinajstić information content (AvgIpc) is 3.37. The third kappa shape index (κ3) is 5.11. The fourth-order valence-corrected chi connectivity index (χ4v) is 6.79. The molecule has 1 aromatic heterocycles. The molecule has 1 heterocycles. The topological polar surface area (TPSA) is 49.6 Å². The van der Waals surface area contributed by atoms with Crippen molar-refractivity contribution in [2.24, 2.45) is 0 Å². The van der Waals surface area contributed by atoms with Gasteiger partial charge < -0.3 is 0 Å². The second-order valence-electron chi connectivity index (χ2n) is 12.6. The molecule has 6 aromatic carbocycles. The second kappa shape index (κ2) is 11.4. The summed E-state index contributed by atoms with van der Waals surface area (Å²) in [7, 11) is 0. The van der Waals surface area contributed by atoms with Crippen molar-refractivity contribution in [3.05, 3.63) is 168 Å². The van der Waals surface area contributed by atoms with E-state index in [-0.39, 0.29) is 5.41 Å². The van der Waals surface area contributed by atoms with Crippen molar-refractivity contribution in [1.82, 2.24) is 9.97 Å². The number of aromatic nitrogens is 2. The Morgan fingerprint density at radius 2 is 0.936 bits per heavy atom. The Bertz CT molecular complexity index is 2270. The second-order valence-corrected chi connectivity index (χ2v) is 12.6. The van der Waals surface area contributed by atoms with Gasteiger partial charge in [-0.3, -0.25) is 0 Å². The van der Waals surface area contributed by atoms with Crippen molar-refractivity contribution in [1.29, 1.82) is 5.26 Å². The number of benzene rings is 6. The lowest BCUT2D eigenvalue weighted by molar-refractivity contribution is 0.660. The van der Waals surface area contributed by atoms with E-state index in [0.717, 1.165) is 39.2 Å². The molecule has 0 spiro atoms. The van der Waals surface area contributed by atoms with Crippen molar-refractivity contribution in [2.75, 3.05) is 0 Å². The summed E-state index contributed by atoms with van der Waals surface area (Å²) in [6, 6.07) is 55.0. The summed E-state index contributed by atoms with van der Waals surface area (Å²) in [5, 5.41) is 9.51. The van der Waals surface area contributed by atoms with E-state index in [1.165, 1.54) is 33.4 Å². The van der Waals surface area contributed by atoms with Gasteiger partial charge in [0.25, 0.3) is 0 Å². The molecule has 0 unspecified atom stereocenters. The van der Waals surface area contributed by atoms with Gasteiger partial charge in [-0.2, -0.15) is 5.26 Å². The minimum absolute atomic E-state index is 0.186. The molecule has 1 aliphatic carbocycles. The molecular formula is C44H31N3. The van der Waals surface area contributed by atoms with E-state index in [1.54, 1.807) is 0 Å². The van der Waals surface area contributed by atoms with Gasteiger partial charge in [0.2, 0.25) is 0 Å². The number of hydrogen-bond acceptors (Lipinski definition) is 3. The molecule has 3 nitrogen and oxygen atoms in total. The summed E-state index contributed by atoms with van der Waals surface area (Å²) in [5.74, 6) is 0.708. The molecule has 0 radical (unpaired) electrons. The van der Waals surface area contributed by atoms with Crippen LogP contribution in [0, 0.1) is 11.3 Å². The van der Waals surface area contributed by atoms with Crippen molar-refractivity contribution in [2.45, 2.75) is 19.3 Å². The molecule has 0 atom stereocenters. The summed E-state index contributed by atoms with van der Waals surface area (Å²) in [5.41, 5.74) is 15.0. The Kier molecular flexibility index (Phi) is 6.85. The van der Waals surface area contributed by atoms with Gasteiger partial charge >= 0.3 is 0 Å². The maximum Gasteiger partial charge on any atom is 0.160 e. The Morgan fingerprint density at radius 3 is 1.57 bits per heavy atom. The zero-order valence-electron chi connectivity index (χ0n) is 26.3. The van der Waals surface area contributed by atoms with Crippen LogP contribution in [-0.2, 0) is 5.41 Å². The number of fused-ring (bicyclic) bond motifs is 3. The SMILES string of the molecule is CC1(C)c2cc(C#N)ccc2-c2ccc(-c3cccc(-c4cccc(-c5cc(-c6ccccc6)nc(-c6ccccc6)n5)c4)c3)cc21. The van der Waals surface area contributed by atoms with Gasteiger partial charge in [-0.1, -0.05) is 129 Å². The normalized spacial score (nSPS) is 12.6. The number of rotatable bonds is 5. The maximum atomic E-state index is 9.51. The van der Waals surface area contributed by atoms with Crippen LogP contribution in [0.15, 0.2) is 152 Å². The molecule has 47 heavy (non-hydrogen) atoms. The fourth-order valence-electron chi connectivity index (χ4n) is 6.79. The first-order valence-corrected chi connectivity index (χ1v) is 15.9. The lowest BCUT2D eigenvalue weighted by Gasteiger charge is -2.22. The summed E-state index contributed by atoms with van der Waals surface area (Å²) in [6.45, 7) is 4.51. The van der Waals surface area contributed by atoms with E-state index in [0.29, 0.717) is 11.4 Å². The van der Waals surface area contributed by atoms with Crippen LogP contribution in [0.1, 0.15) is 30.5 Å². The van der Waals surface area contributed by atoms with Gasteiger partial charge in [-0.05, 0) is 80.9 Å². The summed E-state index contributed by atoms with van der Waals surface area (Å²) in [6.07, 6.45) is 0. The zero-order valence-corrected chi connectivity index (χ0v) is 26.3. The standard InChI is InChI=1S/C44H31N3/c1-44(2)39-23-29(28-45)19-21-37(39)38-22-20-35(26-40(38)44)33-16-9-15-32(24-33)34-17-10-18-36(25-34)42-27-41(30-11-5-3-6-12-30)46-43(47-42)31-13-7-4-8-14-31/h3-27H,1-2H3. The first kappa shape index (κ1) is 28.4. The minimum atomic E-state index is -0.186. The van der Waals surface area contributed by atoms with Crippen molar-refractivity contribution >= 4 is 0 Å². The molecule has 1 aliphatic rings. The number of hydrogen-bond donors (Lipinski definition) is 0. The van der Waals surface area contributed by atoms with E-state index < -0.39 is 0 Å². The van der Waals surface area contributed by atoms with Crippen LogP contribution < -0.4 is 0 Å². The van der Waals surface area contributed by atoms with E-state index in [2.05, 4.69) is 123 Å². The lowest BCUT2D eigenvalue weighted by Crippen LogP contribution is -2.15. The highest BCUT2D eigenvalue weighted by Crippen LogP contribution is 2.50. The largest absolute Gasteiger partial charge is 0.228 e. The Morgan fingerprint density at radius 1 is 0.447 bits per heavy atom. The molecule has 222 valence electrons. The van der Waals surface area contributed by atoms with Crippen LogP contribution in [0.25, 0.3) is 67.3 Å². The molecule has 0 bridgehead atoms. The molecule has 0 amide bonds. The van der Waals surface area contributed by atoms with Crippen molar-refractivity contribution < 1.29 is 0 Å². The Balaban J connectivity index is 1.17. The molecule has 8 rings (SSSR count). The average molecular weight is 602 g/mol. The van der Waals surface area contributed by atoms with Gasteiger partial charge in [0.1, 0.15) is 0 Å². The summed E-state index contributed by atoms with van der Waals surface area (Å²) < 4.78 is 0. The van der Waals surface area contributed by atoms with E-state index in [9.17, 15) is 5.26 Å². The third-order valence-electron chi connectivity index (χ3n) is 9.32. The first-order chi connectivity index (χ1) is 23.0. The minimum Gasteiger partial charge on any atom is -0.228 e. The molecule has 3 heteroatoms. The Hall–Kier alpha value is -6.11. The fraction of sp³-hybridized carbons (Fsp3) is 0.0682. The predicted octanol–water partition coefficient (Wildman–Crippen LogP) is 11.0. The molecule has 0 fully saturated rings. The lowest BCUT2D eigenvalue weighted by atomic mass is 9.81. The van der Waals surface area contributed by atoms with E-state index in [1.807, 2.05) is 48.5 Å². The number of nitriles is 1. The highest BCUT2D eigenvalue weighted by Gasteiger charge is 2.35. The third-order valence-corrected chi connectivity index (χ3v) is 9.32. The number of nitrogens with zero attached hydrogens (tertiary/aromatic N) is 3. The maximum absolute atomic E-state index is 9.51. The van der Waals surface area contributed by atoms with Crippen LogP contribution >= 0.6 is 0 Å². The monoisotopic (exact) mass is 601 g/mol. The molecule has 0 N–H and O–H groups in total. The predicted molar refractivity (Wildman–Crippen MR) is 191 cm³/mol. The van der Waals surface area contributed by atoms with Crippen LogP contribution in [0.4, 0.5) is 0 Å². The van der Waals surface area contributed by atoms with Crippen LogP contribution in [-0.4, -0.2) is 9.97 Å². The Labute approximate surface area is 275 Å². The highest BCUT2D eigenvalue weighted by molar-refractivity contribution is 5.85. The molecular weight excluding hydrogens is 571 g/mol. The molecule has 0 saturated carbocycles.